The minimum absolute atomic E-state index is 0.00961. The number of carbonyl (C=O) groups is 9. The van der Waals surface area contributed by atoms with Crippen molar-refractivity contribution in [3.63, 3.8) is 0 Å². The number of aromatic nitrogens is 1. The summed E-state index contributed by atoms with van der Waals surface area (Å²) in [6.07, 6.45) is -0.833. The molecular weight excluding hydrogens is 1060 g/mol. The molecule has 24 nitrogen and oxygen atoms in total. The SMILES string of the molecule is C[C@@H](O)[C@@H]1NC(=O)[C@H](CCCCN)NC(=O)[C@@H](Cc2c[nH]c3ccccc23)NC(=O)[C@H](Cc2ccccc2)NC(=O)[C@@H](NC(=O)[C@@H](Cc2ccccc2)NC(=O)COC(=O)CO)CSSC[C@@H](C(=O)N[C@H](CO)[C@@H](C)O)NC1=O. The number of carbonyl (C=O) groups excluding carboxylic acids is 9. The van der Waals surface area contributed by atoms with Crippen molar-refractivity contribution >= 4 is 85.7 Å². The molecule has 3 aromatic carbocycles. The molecule has 0 radical (unpaired) electrons. The molecule has 1 aliphatic heterocycles. The maximum absolute atomic E-state index is 14.9. The van der Waals surface area contributed by atoms with Crippen LogP contribution >= 0.6 is 21.6 Å². The smallest absolute Gasteiger partial charge is 0.332 e. The van der Waals surface area contributed by atoms with E-state index in [1.54, 1.807) is 72.9 Å². The lowest BCUT2D eigenvalue weighted by Crippen LogP contribution is -2.62. The highest BCUT2D eigenvalue weighted by Gasteiger charge is 2.37. The van der Waals surface area contributed by atoms with Crippen LogP contribution in [0.3, 0.4) is 0 Å². The van der Waals surface area contributed by atoms with Gasteiger partial charge in [-0.2, -0.15) is 0 Å². The molecule has 2 heterocycles. The number of nitrogens with two attached hydrogens (primary N) is 1. The molecule has 428 valence electrons. The van der Waals surface area contributed by atoms with E-state index in [0.717, 1.165) is 32.5 Å². The normalized spacial score (nSPS) is 21.5. The Balaban J connectivity index is 1.60. The first-order valence-corrected chi connectivity index (χ1v) is 28.1. The molecule has 1 fully saturated rings. The van der Waals surface area contributed by atoms with E-state index in [9.17, 15) is 58.5 Å². The van der Waals surface area contributed by atoms with Crippen molar-refractivity contribution < 1.29 is 68.3 Å². The van der Waals surface area contributed by atoms with E-state index in [1.807, 2.05) is 18.2 Å². The minimum Gasteiger partial charge on any atom is -0.454 e. The molecule has 79 heavy (non-hydrogen) atoms. The zero-order valence-corrected chi connectivity index (χ0v) is 45.3. The molecule has 1 aromatic heterocycles. The molecule has 1 aliphatic rings. The standard InChI is InChI=1S/C53H70N10O14S2/c1-30(66)41(25-64)60-52(75)43-29-79-78-28-42(61-48(71)38(21-32-13-5-3-6-14-32)56-44(68)27-77-45(69)26-65)51(74)58-39(22-33-15-7-4-8-16-33)49(72)59-40(23-34-24-55-36-18-10-9-17-35(34)36)50(73)57-37(19-11-12-20-54)47(70)63-46(31(2)67)53(76)62-43/h3-10,13-18,24,30-31,37-43,46,55,64-67H,11-12,19-23,25-29,54H2,1-2H3,(H,56,68)(H,57,73)(H,58,74)(H,59,72)(H,60,75)(H,61,71)(H,62,76)(H,63,70)/t30-,31-,37+,38-,39+,40-,41-,42+,43+,46+/m1/s1. The molecule has 0 saturated carbocycles. The number of hydrogen-bond donors (Lipinski definition) is 14. The lowest BCUT2D eigenvalue weighted by atomic mass is 10.0. The van der Waals surface area contributed by atoms with Crippen molar-refractivity contribution in [1.29, 1.82) is 0 Å². The van der Waals surface area contributed by atoms with Crippen LogP contribution in [0.15, 0.2) is 91.1 Å². The Morgan fingerprint density at radius 1 is 0.709 bits per heavy atom. The Morgan fingerprint density at radius 2 is 1.32 bits per heavy atom. The van der Waals surface area contributed by atoms with E-state index in [1.165, 1.54) is 13.8 Å². The predicted octanol–water partition coefficient (Wildman–Crippen LogP) is -2.11. The molecule has 4 aromatic rings. The number of benzene rings is 3. The average molecular weight is 1140 g/mol. The van der Waals surface area contributed by atoms with Crippen LogP contribution < -0.4 is 48.3 Å². The van der Waals surface area contributed by atoms with Gasteiger partial charge in [0.25, 0.3) is 5.91 Å². The molecule has 1 saturated heterocycles. The molecule has 0 aliphatic carbocycles. The summed E-state index contributed by atoms with van der Waals surface area (Å²) in [5.74, 6) is -8.92. The van der Waals surface area contributed by atoms with Crippen molar-refractivity contribution in [2.45, 2.75) is 113 Å². The molecule has 26 heteroatoms. The first-order chi connectivity index (χ1) is 37.9. The highest BCUT2D eigenvalue weighted by Crippen LogP contribution is 2.24. The molecule has 0 bridgehead atoms. The van der Waals surface area contributed by atoms with Crippen molar-refractivity contribution in [3.05, 3.63) is 108 Å². The van der Waals surface area contributed by atoms with Gasteiger partial charge in [0, 0.05) is 47.9 Å². The van der Waals surface area contributed by atoms with Crippen molar-refractivity contribution in [2.75, 3.05) is 37.9 Å². The number of H-pyrrole nitrogens is 1. The number of rotatable bonds is 21. The minimum atomic E-state index is -1.72. The molecule has 10 atom stereocenters. The molecule has 8 amide bonds. The Kier molecular flexibility index (Phi) is 25.5. The summed E-state index contributed by atoms with van der Waals surface area (Å²) in [6, 6.07) is 12.8. The van der Waals surface area contributed by atoms with Gasteiger partial charge < -0.3 is 78.4 Å². The van der Waals surface area contributed by atoms with Gasteiger partial charge in [0.15, 0.2) is 6.61 Å². The van der Waals surface area contributed by atoms with Gasteiger partial charge in [0.2, 0.25) is 41.4 Å². The second-order valence-electron chi connectivity index (χ2n) is 18.8. The number of aliphatic hydroxyl groups is 4. The summed E-state index contributed by atoms with van der Waals surface area (Å²) in [7, 11) is 1.87. The number of fused-ring (bicyclic) bond motifs is 1. The topological polar surface area (TPSA) is 382 Å². The van der Waals surface area contributed by atoms with Gasteiger partial charge in [0.1, 0.15) is 48.9 Å². The number of nitrogens with one attached hydrogen (secondary N) is 9. The van der Waals surface area contributed by atoms with Gasteiger partial charge in [0.05, 0.1) is 24.9 Å². The predicted molar refractivity (Wildman–Crippen MR) is 294 cm³/mol. The van der Waals surface area contributed by atoms with Crippen molar-refractivity contribution in [1.82, 2.24) is 47.5 Å². The number of para-hydroxylation sites is 1. The molecule has 15 N–H and O–H groups in total. The summed E-state index contributed by atoms with van der Waals surface area (Å²) < 4.78 is 4.76. The highest BCUT2D eigenvalue weighted by molar-refractivity contribution is 8.76. The number of unbranched alkanes of at least 4 members (excludes halogenated alkanes) is 1. The van der Waals surface area contributed by atoms with Crippen LogP contribution in [0.1, 0.15) is 49.8 Å². The van der Waals surface area contributed by atoms with Crippen LogP contribution in [0, 0.1) is 0 Å². The number of aromatic amines is 1. The monoisotopic (exact) mass is 1130 g/mol. The maximum atomic E-state index is 14.9. The third kappa shape index (κ3) is 20.0. The van der Waals surface area contributed by atoms with E-state index < -0.39 is 134 Å². The lowest BCUT2D eigenvalue weighted by Gasteiger charge is -2.29. The zero-order chi connectivity index (χ0) is 57.4. The first-order valence-electron chi connectivity index (χ1n) is 25.6. The maximum Gasteiger partial charge on any atom is 0.332 e. The zero-order valence-electron chi connectivity index (χ0n) is 43.7. The number of ether oxygens (including phenoxy) is 1. The van der Waals surface area contributed by atoms with Crippen molar-refractivity contribution in [2.24, 2.45) is 5.73 Å². The van der Waals surface area contributed by atoms with E-state index in [0.29, 0.717) is 29.5 Å². The third-order valence-corrected chi connectivity index (χ3v) is 15.1. The number of esters is 1. The van der Waals surface area contributed by atoms with Crippen LogP contribution in [0.4, 0.5) is 0 Å². The molecule has 0 spiro atoms. The summed E-state index contributed by atoms with van der Waals surface area (Å²) >= 11 is 0. The summed E-state index contributed by atoms with van der Waals surface area (Å²) in [5, 5.41) is 62.0. The van der Waals surface area contributed by atoms with E-state index in [-0.39, 0.29) is 43.7 Å². The lowest BCUT2D eigenvalue weighted by molar-refractivity contribution is -0.151. The van der Waals surface area contributed by atoms with Gasteiger partial charge in [-0.25, -0.2) is 4.79 Å². The van der Waals surface area contributed by atoms with Crippen LogP contribution in [0.5, 0.6) is 0 Å². The molecule has 5 rings (SSSR count). The summed E-state index contributed by atoms with van der Waals surface area (Å²) in [4.78, 5) is 129. The fraction of sp³-hybridized carbons (Fsp3) is 0.453. The Hall–Kier alpha value is -7.07. The Bertz CT molecular complexity index is 2680. The number of aliphatic hydroxyl groups excluding tert-OH is 4. The Labute approximate surface area is 464 Å². The first kappa shape index (κ1) is 62.8. The number of hydrogen-bond acceptors (Lipinski definition) is 17. The van der Waals surface area contributed by atoms with E-state index in [4.69, 9.17) is 15.6 Å². The molecular formula is C53H70N10O14S2. The van der Waals surface area contributed by atoms with Crippen LogP contribution in [0.2, 0.25) is 0 Å². The van der Waals surface area contributed by atoms with Crippen LogP contribution in [-0.4, -0.2) is 177 Å². The average Bonchev–Trinajstić information content (AvgIpc) is 3.86. The highest BCUT2D eigenvalue weighted by atomic mass is 33.1. The fourth-order valence-corrected chi connectivity index (χ4v) is 10.6. The Morgan fingerprint density at radius 3 is 1.96 bits per heavy atom. The van der Waals surface area contributed by atoms with Gasteiger partial charge in [-0.05, 0) is 62.4 Å². The summed E-state index contributed by atoms with van der Waals surface area (Å²) in [6.45, 7) is 0.220. The van der Waals surface area contributed by atoms with Crippen LogP contribution in [0.25, 0.3) is 10.9 Å². The second kappa shape index (κ2) is 32.1. The largest absolute Gasteiger partial charge is 0.454 e. The van der Waals surface area contributed by atoms with E-state index >= 15 is 0 Å². The second-order valence-corrected chi connectivity index (χ2v) is 21.4. The van der Waals surface area contributed by atoms with Gasteiger partial charge >= 0.3 is 5.97 Å². The third-order valence-electron chi connectivity index (χ3n) is 12.6. The van der Waals surface area contributed by atoms with Gasteiger partial charge in [-0.3, -0.25) is 38.4 Å². The summed E-state index contributed by atoms with van der Waals surface area (Å²) in [5.41, 5.74) is 8.29. The van der Waals surface area contributed by atoms with Crippen molar-refractivity contribution in [3.8, 4) is 0 Å². The van der Waals surface area contributed by atoms with E-state index in [2.05, 4.69) is 47.5 Å². The fourth-order valence-electron chi connectivity index (χ4n) is 8.25. The molecule has 0 unspecified atom stereocenters. The van der Waals surface area contributed by atoms with Crippen LogP contribution in [-0.2, 0) is 67.2 Å². The van der Waals surface area contributed by atoms with Gasteiger partial charge in [-0.1, -0.05) is 100 Å². The number of amides is 8. The van der Waals surface area contributed by atoms with Gasteiger partial charge in [-0.15, -0.1) is 0 Å². The quantitative estimate of drug-likeness (QED) is 0.0241.